The van der Waals surface area contributed by atoms with Gasteiger partial charge in [-0.25, -0.2) is 0 Å². The number of likely N-dealkylation sites (tertiary alicyclic amines) is 6. The van der Waals surface area contributed by atoms with E-state index in [0.29, 0.717) is 6.04 Å². The third-order valence-electron chi connectivity index (χ3n) is 13.4. The van der Waals surface area contributed by atoms with E-state index in [1.807, 2.05) is 0 Å². The minimum atomic E-state index is 0.690. The molecule has 6 fully saturated rings. The van der Waals surface area contributed by atoms with Gasteiger partial charge in [0.25, 0.3) is 0 Å². The van der Waals surface area contributed by atoms with E-state index in [1.165, 1.54) is 194 Å². The van der Waals surface area contributed by atoms with Crippen LogP contribution >= 0.6 is 0 Å². The van der Waals surface area contributed by atoms with Crippen LogP contribution in [-0.4, -0.2) is 197 Å². The van der Waals surface area contributed by atoms with Crippen LogP contribution in [0.4, 0.5) is 0 Å². The Hall–Kier alpha value is -0.440. The van der Waals surface area contributed by atoms with Crippen LogP contribution in [0.1, 0.15) is 137 Å². The topological polar surface area (TPSA) is 127 Å². The zero-order valence-electron chi connectivity index (χ0n) is 40.2. The molecule has 8 N–H and O–H groups in total. The zero-order valence-corrected chi connectivity index (χ0v) is 40.2. The molecule has 3 atom stereocenters. The number of hydrogen-bond donors (Lipinski definition) is 4. The molecule has 0 bridgehead atoms. The highest BCUT2D eigenvalue weighted by atomic mass is 15.2. The van der Waals surface area contributed by atoms with Gasteiger partial charge < -0.3 is 47.4 Å². The summed E-state index contributed by atoms with van der Waals surface area (Å²) in [6.07, 6.45) is 21.7. The van der Waals surface area contributed by atoms with Gasteiger partial charge in [0.15, 0.2) is 0 Å². The maximum absolute atomic E-state index is 5.56. The maximum atomic E-state index is 5.56. The lowest BCUT2D eigenvalue weighted by Crippen LogP contribution is -2.38. The van der Waals surface area contributed by atoms with Crippen molar-refractivity contribution in [3.63, 3.8) is 0 Å². The van der Waals surface area contributed by atoms with Crippen molar-refractivity contribution in [2.75, 3.05) is 145 Å². The summed E-state index contributed by atoms with van der Waals surface area (Å²) in [6.45, 7) is 35.0. The first-order valence-corrected chi connectivity index (χ1v) is 25.0. The van der Waals surface area contributed by atoms with E-state index < -0.39 is 0 Å². The number of nitrogens with zero attached hydrogens (tertiary/aromatic N) is 7. The van der Waals surface area contributed by atoms with Gasteiger partial charge >= 0.3 is 0 Å². The highest BCUT2D eigenvalue weighted by Crippen LogP contribution is 2.17. The molecule has 0 spiro atoms. The Balaban J connectivity index is 0.000000349. The molecule has 6 rings (SSSR count). The molecule has 6 aliphatic heterocycles. The fourth-order valence-electron chi connectivity index (χ4n) is 9.17. The van der Waals surface area contributed by atoms with Crippen molar-refractivity contribution in [1.82, 2.24) is 34.3 Å². The molecule has 0 aromatic heterocycles. The highest BCUT2D eigenvalue weighted by Gasteiger charge is 2.21. The van der Waals surface area contributed by atoms with Crippen molar-refractivity contribution in [3.8, 4) is 0 Å². The van der Waals surface area contributed by atoms with Crippen LogP contribution in [0.25, 0.3) is 0 Å². The van der Waals surface area contributed by atoms with Crippen LogP contribution < -0.4 is 22.9 Å². The smallest absolute Gasteiger partial charge is 0.0218 e. The van der Waals surface area contributed by atoms with E-state index in [2.05, 4.69) is 83.0 Å². The van der Waals surface area contributed by atoms with Crippen LogP contribution in [-0.2, 0) is 0 Å². The molecule has 0 aliphatic carbocycles. The Bertz CT molecular complexity index is 852. The molecule has 11 nitrogen and oxygen atoms in total. The van der Waals surface area contributed by atoms with Crippen LogP contribution in [0.15, 0.2) is 0 Å². The van der Waals surface area contributed by atoms with Crippen molar-refractivity contribution >= 4 is 0 Å². The van der Waals surface area contributed by atoms with Gasteiger partial charge in [-0.1, -0.05) is 27.2 Å². The predicted octanol–water partition coefficient (Wildman–Crippen LogP) is 5.27. The van der Waals surface area contributed by atoms with E-state index in [-0.39, 0.29) is 0 Å². The molecular weight excluding hydrogens is 719 g/mol. The first-order valence-electron chi connectivity index (χ1n) is 25.0. The lowest BCUT2D eigenvalue weighted by atomic mass is 9.99. The summed E-state index contributed by atoms with van der Waals surface area (Å²) < 4.78 is 0. The Morgan fingerprint density at radius 1 is 0.448 bits per heavy atom. The molecule has 0 aromatic carbocycles. The molecule has 0 aromatic rings. The third kappa shape index (κ3) is 27.5. The zero-order chi connectivity index (χ0) is 42.8. The largest absolute Gasteiger partial charge is 0.330 e. The quantitative estimate of drug-likeness (QED) is 0.173. The van der Waals surface area contributed by atoms with Gasteiger partial charge in [0, 0.05) is 37.8 Å². The number of hydrogen-bond acceptors (Lipinski definition) is 11. The van der Waals surface area contributed by atoms with E-state index in [4.69, 9.17) is 22.9 Å². The number of rotatable bonds is 15. The molecule has 348 valence electrons. The summed E-state index contributed by atoms with van der Waals surface area (Å²) >= 11 is 0. The molecular formula is C47H105N11. The van der Waals surface area contributed by atoms with Gasteiger partial charge in [0.1, 0.15) is 0 Å². The summed E-state index contributed by atoms with van der Waals surface area (Å²) in [5.74, 6) is 0.979. The Kier molecular flexibility index (Phi) is 35.6. The summed E-state index contributed by atoms with van der Waals surface area (Å²) in [4.78, 5) is 17.3. The number of piperidine rings is 2. The van der Waals surface area contributed by atoms with Gasteiger partial charge in [-0.05, 0) is 241 Å². The highest BCUT2D eigenvalue weighted by molar-refractivity contribution is 4.78. The molecule has 11 heteroatoms. The van der Waals surface area contributed by atoms with Gasteiger partial charge in [0.2, 0.25) is 0 Å². The predicted molar refractivity (Wildman–Crippen MR) is 256 cm³/mol. The van der Waals surface area contributed by atoms with Crippen LogP contribution in [0.2, 0.25) is 0 Å². The number of likely N-dealkylation sites (N-methyl/N-ethyl adjacent to an activating group) is 1. The fourth-order valence-corrected chi connectivity index (χ4v) is 9.17. The Morgan fingerprint density at radius 2 is 0.931 bits per heavy atom. The maximum Gasteiger partial charge on any atom is 0.0218 e. The normalized spacial score (nSPS) is 25.1. The van der Waals surface area contributed by atoms with Crippen molar-refractivity contribution in [2.24, 2.45) is 28.9 Å². The van der Waals surface area contributed by atoms with Crippen LogP contribution in [0, 0.1) is 5.92 Å². The minimum Gasteiger partial charge on any atom is -0.330 e. The van der Waals surface area contributed by atoms with Gasteiger partial charge in [0.05, 0.1) is 0 Å². The summed E-state index contributed by atoms with van der Waals surface area (Å²) in [5, 5.41) is 0. The van der Waals surface area contributed by atoms with Crippen LogP contribution in [0.5, 0.6) is 0 Å². The summed E-state index contributed by atoms with van der Waals surface area (Å²) in [5.41, 5.74) is 21.8. The SMILES string of the molecule is CC1CCCCN1CCCN.CC1CCCN1CCN.CCN1CCC(C)CC1.CCN1CCCC1CN.CN(C)CCCN1CCCC1.NCCCN1CCCC1. The average Bonchev–Trinajstić information content (AvgIpc) is 4.09. The lowest BCUT2D eigenvalue weighted by Gasteiger charge is -2.33. The van der Waals surface area contributed by atoms with E-state index in [0.717, 1.165) is 57.1 Å². The third-order valence-corrected chi connectivity index (χ3v) is 13.4. The van der Waals surface area contributed by atoms with Crippen molar-refractivity contribution in [3.05, 3.63) is 0 Å². The second kappa shape index (κ2) is 37.1. The van der Waals surface area contributed by atoms with E-state index >= 15 is 0 Å². The Labute approximate surface area is 362 Å². The van der Waals surface area contributed by atoms with Crippen molar-refractivity contribution < 1.29 is 0 Å². The second-order valence-electron chi connectivity index (χ2n) is 18.5. The summed E-state index contributed by atoms with van der Waals surface area (Å²) in [6, 6.07) is 2.28. The van der Waals surface area contributed by atoms with Gasteiger partial charge in [-0.3, -0.25) is 9.80 Å². The monoisotopic (exact) mass is 824 g/mol. The molecule has 6 heterocycles. The summed E-state index contributed by atoms with van der Waals surface area (Å²) in [7, 11) is 4.29. The second-order valence-corrected chi connectivity index (χ2v) is 18.5. The molecule has 0 amide bonds. The van der Waals surface area contributed by atoms with Gasteiger partial charge in [-0.2, -0.15) is 0 Å². The molecule has 3 unspecified atom stereocenters. The first kappa shape index (κ1) is 55.6. The van der Waals surface area contributed by atoms with Crippen molar-refractivity contribution in [1.29, 1.82) is 0 Å². The standard InChI is InChI=1S/2C9H20N2.C8H17N.3C7H16N2/c1-10(2)6-5-9-11-7-3-4-8-11;1-9-5-2-3-7-11(9)8-4-6-10;1-3-9-6-4-8(2)5-7-9;1-7-3-2-5-9(7)6-4-8;1-2-9-5-3-4-7(9)6-8;8-4-3-7-9-5-1-2-6-9/h3-9H2,1-2H3;9H,2-8,10H2,1H3;8H,3-7H2,1-2H3;2*7H,2-6,8H2,1H3;1-8H2. The van der Waals surface area contributed by atoms with Crippen molar-refractivity contribution in [2.45, 2.75) is 155 Å². The van der Waals surface area contributed by atoms with E-state index in [1.54, 1.807) is 0 Å². The first-order chi connectivity index (χ1) is 28.1. The van der Waals surface area contributed by atoms with Crippen LogP contribution in [0.3, 0.4) is 0 Å². The molecule has 0 saturated carbocycles. The average molecular weight is 824 g/mol. The molecule has 6 saturated heterocycles. The van der Waals surface area contributed by atoms with E-state index in [9.17, 15) is 0 Å². The minimum absolute atomic E-state index is 0.690. The molecule has 6 aliphatic rings. The molecule has 58 heavy (non-hydrogen) atoms. The molecule has 0 radical (unpaired) electrons. The Morgan fingerprint density at radius 3 is 1.40 bits per heavy atom. The van der Waals surface area contributed by atoms with Gasteiger partial charge in [-0.15, -0.1) is 0 Å². The fraction of sp³-hybridized carbons (Fsp3) is 1.00. The number of nitrogens with two attached hydrogens (primary N) is 4. The lowest BCUT2D eigenvalue weighted by molar-refractivity contribution is 0.160.